The molecule has 23 nitrogen and oxygen atoms in total. The predicted molar refractivity (Wildman–Crippen MR) is 185 cm³/mol. The third kappa shape index (κ3) is 18.3. The fraction of sp³-hybridized carbons (Fsp3) is 0.700. The number of carboxylic acid groups (broad SMARTS) is 2. The third-order valence-electron chi connectivity index (χ3n) is 7.33. The zero-order valence-electron chi connectivity index (χ0n) is 30.0. The first-order valence-electron chi connectivity index (χ1n) is 16.6. The van der Waals surface area contributed by atoms with Crippen LogP contribution in [0, 0.1) is 11.8 Å². The van der Waals surface area contributed by atoms with E-state index >= 15 is 0 Å². The van der Waals surface area contributed by atoms with E-state index in [-0.39, 0.29) is 31.3 Å². The van der Waals surface area contributed by atoms with E-state index in [9.17, 15) is 63.9 Å². The third-order valence-corrected chi connectivity index (χ3v) is 7.33. The molecule has 302 valence electrons. The Morgan fingerprint density at radius 3 is 1.40 bits per heavy atom. The second kappa shape index (κ2) is 24.2. The molecular weight excluding hydrogens is 708 g/mol. The van der Waals surface area contributed by atoms with Crippen molar-refractivity contribution in [2.75, 3.05) is 26.4 Å². The van der Waals surface area contributed by atoms with Crippen LogP contribution in [0.4, 0.5) is 0 Å². The van der Waals surface area contributed by atoms with Gasteiger partial charge in [0.25, 0.3) is 0 Å². The topological polar surface area (TPSA) is 400 Å². The maximum atomic E-state index is 13.2. The van der Waals surface area contributed by atoms with Crippen molar-refractivity contribution in [3.05, 3.63) is 0 Å². The van der Waals surface area contributed by atoms with Crippen molar-refractivity contribution in [2.45, 2.75) is 95.7 Å². The highest BCUT2D eigenvalue weighted by atomic mass is 16.4. The summed E-state index contributed by atoms with van der Waals surface area (Å²) in [5.74, 6) is -10.4. The van der Waals surface area contributed by atoms with Gasteiger partial charge in [0.1, 0.15) is 36.3 Å². The first-order chi connectivity index (χ1) is 24.7. The Balaban J connectivity index is 5.78. The summed E-state index contributed by atoms with van der Waals surface area (Å²) in [5, 5.41) is 61.1. The van der Waals surface area contributed by atoms with Gasteiger partial charge in [-0.05, 0) is 31.1 Å². The van der Waals surface area contributed by atoms with Gasteiger partial charge in [0.2, 0.25) is 35.4 Å². The summed E-state index contributed by atoms with van der Waals surface area (Å²) in [6, 6.07) is -10.9. The minimum atomic E-state index is -1.90. The molecule has 0 bridgehead atoms. The van der Waals surface area contributed by atoms with Gasteiger partial charge in [-0.25, -0.2) is 4.79 Å². The van der Waals surface area contributed by atoms with E-state index in [0.717, 1.165) is 0 Å². The Morgan fingerprint density at radius 2 is 1.00 bits per heavy atom. The number of aliphatic carboxylic acids is 2. The van der Waals surface area contributed by atoms with Crippen LogP contribution in [0.3, 0.4) is 0 Å². The van der Waals surface area contributed by atoms with Crippen molar-refractivity contribution in [1.29, 1.82) is 0 Å². The van der Waals surface area contributed by atoms with E-state index in [2.05, 4.69) is 36.9 Å². The number of rotatable bonds is 25. The molecule has 0 unspecified atom stereocenters. The highest BCUT2D eigenvalue weighted by Gasteiger charge is 2.34. The van der Waals surface area contributed by atoms with Crippen LogP contribution in [0.1, 0.15) is 53.4 Å². The summed E-state index contributed by atoms with van der Waals surface area (Å²) in [5.41, 5.74) is 16.2. The highest BCUT2D eigenvalue weighted by molar-refractivity contribution is 5.98. The number of nitrogens with one attached hydrogen (secondary N) is 6. The zero-order valence-corrected chi connectivity index (χ0v) is 30.0. The number of carboxylic acids is 2. The molecule has 0 spiro atoms. The van der Waals surface area contributed by atoms with Crippen LogP contribution in [-0.2, 0) is 38.4 Å². The Hall–Kier alpha value is -5.13. The summed E-state index contributed by atoms with van der Waals surface area (Å²) < 4.78 is 0. The molecule has 0 aromatic rings. The molecule has 0 fully saturated rings. The Morgan fingerprint density at radius 1 is 0.604 bits per heavy atom. The lowest BCUT2D eigenvalue weighted by atomic mass is 10.0. The van der Waals surface area contributed by atoms with Crippen LogP contribution in [-0.4, -0.2) is 148 Å². The lowest BCUT2D eigenvalue weighted by Crippen LogP contribution is -2.61. The summed E-state index contributed by atoms with van der Waals surface area (Å²) in [6.45, 7) is 3.57. The Kier molecular flexibility index (Phi) is 21.8. The van der Waals surface area contributed by atoms with Gasteiger partial charge in [0, 0.05) is 6.54 Å². The first kappa shape index (κ1) is 47.9. The van der Waals surface area contributed by atoms with Crippen LogP contribution < -0.4 is 49.1 Å². The van der Waals surface area contributed by atoms with Crippen molar-refractivity contribution in [3.63, 3.8) is 0 Å². The van der Waals surface area contributed by atoms with E-state index in [4.69, 9.17) is 17.2 Å². The normalized spacial score (nSPS) is 15.0. The number of aliphatic imine (C=N–C) groups is 1. The monoisotopic (exact) mass is 762 g/mol. The largest absolute Gasteiger partial charge is 0.481 e. The number of carbonyl (C=O) groups is 8. The standard InChI is InChI=1S/C30H54N10O13/c1-13(2)8-16(24(47)39-20(12-43)28(51)40-22(14(3)4)29(52)53)35-27(50)19(11-42)38-25(48)17(9-21(44)45)36-26(49)18(10-41)37-23(46)15(31)6-5-7-34-30(32)33/h13-20,22,41-43H,5-12,31H2,1-4H3,(H,35,50)(H,36,49)(H,37,46)(H,38,48)(H,39,47)(H,40,51)(H,44,45)(H,52,53)(H4,32,33,34)/t15-,16-,17-,18-,19-,20-,22-/m0/s1. The summed E-state index contributed by atoms with van der Waals surface area (Å²) in [4.78, 5) is 104. The van der Waals surface area contributed by atoms with Crippen LogP contribution in [0.15, 0.2) is 4.99 Å². The molecule has 0 aromatic carbocycles. The van der Waals surface area contributed by atoms with E-state index in [1.807, 2.05) is 0 Å². The van der Waals surface area contributed by atoms with Crippen molar-refractivity contribution < 1.29 is 63.9 Å². The number of amides is 6. The molecule has 0 rings (SSSR count). The van der Waals surface area contributed by atoms with Gasteiger partial charge in [-0.3, -0.25) is 38.6 Å². The average Bonchev–Trinajstić information content (AvgIpc) is 3.06. The van der Waals surface area contributed by atoms with Crippen LogP contribution in [0.25, 0.3) is 0 Å². The maximum absolute atomic E-state index is 13.2. The van der Waals surface area contributed by atoms with Crippen LogP contribution in [0.5, 0.6) is 0 Å². The lowest BCUT2D eigenvalue weighted by molar-refractivity contribution is -0.144. The van der Waals surface area contributed by atoms with Gasteiger partial charge in [-0.1, -0.05) is 27.7 Å². The zero-order chi connectivity index (χ0) is 41.0. The molecule has 0 aromatic heterocycles. The number of hydrogen-bond donors (Lipinski definition) is 14. The second-order valence-corrected chi connectivity index (χ2v) is 12.7. The van der Waals surface area contributed by atoms with Crippen LogP contribution in [0.2, 0.25) is 0 Å². The minimum absolute atomic E-state index is 0.0565. The number of hydrogen-bond acceptors (Lipinski definition) is 13. The van der Waals surface area contributed by atoms with Crippen molar-refractivity contribution >= 4 is 53.3 Å². The van der Waals surface area contributed by atoms with E-state index in [1.54, 1.807) is 13.8 Å². The van der Waals surface area contributed by atoms with Gasteiger partial charge in [0.05, 0.1) is 32.3 Å². The molecule has 0 aliphatic carbocycles. The highest BCUT2D eigenvalue weighted by Crippen LogP contribution is 2.08. The first-order valence-corrected chi connectivity index (χ1v) is 16.6. The number of aliphatic hydroxyl groups is 3. The molecule has 0 aliphatic rings. The average molecular weight is 763 g/mol. The fourth-order valence-electron chi connectivity index (χ4n) is 4.45. The Labute approximate surface area is 305 Å². The molecule has 6 amide bonds. The van der Waals surface area contributed by atoms with E-state index in [1.165, 1.54) is 13.8 Å². The number of guanidine groups is 1. The molecule has 0 radical (unpaired) electrons. The quantitative estimate of drug-likeness (QED) is 0.0234. The molecule has 0 saturated heterocycles. The van der Waals surface area contributed by atoms with Gasteiger partial charge in [-0.15, -0.1) is 0 Å². The SMILES string of the molecule is CC(C)C[C@H](NC(=O)[C@H](CO)NC(=O)[C@H](CC(=O)O)NC(=O)[C@H](CO)NC(=O)[C@@H](N)CCCN=C(N)N)C(=O)N[C@@H](CO)C(=O)N[C@H](C(=O)O)C(C)C. The molecule has 53 heavy (non-hydrogen) atoms. The number of carbonyl (C=O) groups excluding carboxylic acids is 6. The molecule has 7 atom stereocenters. The lowest BCUT2D eigenvalue weighted by Gasteiger charge is -2.27. The smallest absolute Gasteiger partial charge is 0.326 e. The van der Waals surface area contributed by atoms with Crippen molar-refractivity contribution in [3.8, 4) is 0 Å². The predicted octanol–water partition coefficient (Wildman–Crippen LogP) is -6.49. The maximum Gasteiger partial charge on any atom is 0.326 e. The van der Waals surface area contributed by atoms with E-state index < -0.39 is 122 Å². The summed E-state index contributed by atoms with van der Waals surface area (Å²) >= 11 is 0. The Bertz CT molecular complexity index is 1310. The van der Waals surface area contributed by atoms with Gasteiger partial charge in [0.15, 0.2) is 5.96 Å². The van der Waals surface area contributed by atoms with E-state index in [0.29, 0.717) is 6.42 Å². The molecule has 23 heteroatoms. The molecular formula is C30H54N10O13. The molecule has 0 aliphatic heterocycles. The van der Waals surface area contributed by atoms with Gasteiger partial charge < -0.3 is 74.6 Å². The summed E-state index contributed by atoms with van der Waals surface area (Å²) in [6.07, 6.45) is -0.728. The fourth-order valence-corrected chi connectivity index (χ4v) is 4.45. The van der Waals surface area contributed by atoms with Crippen molar-refractivity contribution in [2.24, 2.45) is 34.0 Å². The number of aliphatic hydroxyl groups excluding tert-OH is 3. The van der Waals surface area contributed by atoms with Crippen molar-refractivity contribution in [1.82, 2.24) is 31.9 Å². The minimum Gasteiger partial charge on any atom is -0.481 e. The number of nitrogens with two attached hydrogens (primary N) is 3. The number of nitrogens with zero attached hydrogens (tertiary/aromatic N) is 1. The molecule has 17 N–H and O–H groups in total. The molecule has 0 heterocycles. The second-order valence-electron chi connectivity index (χ2n) is 12.7. The molecule has 0 saturated carbocycles. The van der Waals surface area contributed by atoms with Crippen LogP contribution >= 0.6 is 0 Å². The van der Waals surface area contributed by atoms with Gasteiger partial charge in [-0.2, -0.15) is 0 Å². The van der Waals surface area contributed by atoms with Gasteiger partial charge >= 0.3 is 11.9 Å². The summed E-state index contributed by atoms with van der Waals surface area (Å²) in [7, 11) is 0.